The van der Waals surface area contributed by atoms with Crippen molar-refractivity contribution in [2.45, 2.75) is 19.8 Å². The van der Waals surface area contributed by atoms with Gasteiger partial charge in [0.05, 0.1) is 31.5 Å². The average molecular weight is 306 g/mol. The molecule has 1 N–H and O–H groups in total. The highest BCUT2D eigenvalue weighted by Crippen LogP contribution is 2.28. The van der Waals surface area contributed by atoms with Crippen molar-refractivity contribution in [2.24, 2.45) is 0 Å². The Morgan fingerprint density at radius 2 is 2.19 bits per heavy atom. The molecule has 2 aromatic rings. The number of hydrogen-bond donors (Lipinski definition) is 1. The predicted octanol–water partition coefficient (Wildman–Crippen LogP) is 3.39. The van der Waals surface area contributed by atoms with Gasteiger partial charge in [-0.3, -0.25) is 4.79 Å². The van der Waals surface area contributed by atoms with Crippen molar-refractivity contribution < 1.29 is 14.3 Å². The lowest BCUT2D eigenvalue weighted by atomic mass is 10.2. The molecule has 0 saturated heterocycles. The first kappa shape index (κ1) is 15.3. The maximum atomic E-state index is 11.3. The molecule has 0 aliphatic heterocycles. The van der Waals surface area contributed by atoms with Gasteiger partial charge in [-0.2, -0.15) is 0 Å². The molecule has 0 bridgehead atoms. The zero-order valence-electron chi connectivity index (χ0n) is 12.1. The van der Waals surface area contributed by atoms with Gasteiger partial charge in [0.2, 0.25) is 0 Å². The highest BCUT2D eigenvalue weighted by atomic mass is 32.1. The van der Waals surface area contributed by atoms with Gasteiger partial charge in [-0.25, -0.2) is 4.98 Å². The fourth-order valence-corrected chi connectivity index (χ4v) is 2.56. The third-order valence-electron chi connectivity index (χ3n) is 2.79. The van der Waals surface area contributed by atoms with E-state index in [4.69, 9.17) is 9.47 Å². The van der Waals surface area contributed by atoms with E-state index >= 15 is 0 Å². The van der Waals surface area contributed by atoms with Crippen molar-refractivity contribution in [1.29, 1.82) is 0 Å². The zero-order chi connectivity index (χ0) is 15.1. The van der Waals surface area contributed by atoms with Crippen molar-refractivity contribution in [3.63, 3.8) is 0 Å². The third kappa shape index (κ3) is 4.46. The Balaban J connectivity index is 1.95. The minimum atomic E-state index is -0.190. The molecule has 2 rings (SSSR count). The van der Waals surface area contributed by atoms with Gasteiger partial charge < -0.3 is 14.8 Å². The van der Waals surface area contributed by atoms with Gasteiger partial charge in [0.15, 0.2) is 5.13 Å². The van der Waals surface area contributed by atoms with Gasteiger partial charge in [-0.05, 0) is 19.1 Å². The maximum absolute atomic E-state index is 11.3. The van der Waals surface area contributed by atoms with Gasteiger partial charge >= 0.3 is 5.97 Å². The van der Waals surface area contributed by atoms with E-state index in [9.17, 15) is 4.79 Å². The molecule has 0 spiro atoms. The number of ether oxygens (including phenoxy) is 2. The van der Waals surface area contributed by atoms with E-state index < -0.39 is 0 Å². The smallest absolute Gasteiger partial charge is 0.306 e. The molecule has 1 heterocycles. The summed E-state index contributed by atoms with van der Waals surface area (Å²) in [7, 11) is 1.63. The van der Waals surface area contributed by atoms with Crippen molar-refractivity contribution in [1.82, 2.24) is 4.98 Å². The van der Waals surface area contributed by atoms with E-state index in [1.807, 2.05) is 29.6 Å². The molecule has 0 unspecified atom stereocenters. The summed E-state index contributed by atoms with van der Waals surface area (Å²) in [5.41, 5.74) is 1.75. The lowest BCUT2D eigenvalue weighted by molar-refractivity contribution is -0.143. The number of esters is 1. The highest BCUT2D eigenvalue weighted by molar-refractivity contribution is 7.13. The number of carbonyl (C=O) groups is 1. The number of benzene rings is 1. The van der Waals surface area contributed by atoms with Gasteiger partial charge in [0.25, 0.3) is 0 Å². The fraction of sp³-hybridized carbons (Fsp3) is 0.333. The number of nitrogens with zero attached hydrogens (tertiary/aromatic N) is 1. The van der Waals surface area contributed by atoms with E-state index in [1.54, 1.807) is 14.0 Å². The number of para-hydroxylation sites is 2. The van der Waals surface area contributed by atoms with Crippen LogP contribution in [-0.2, 0) is 16.0 Å². The van der Waals surface area contributed by atoms with Crippen LogP contribution in [-0.4, -0.2) is 24.7 Å². The molecule has 0 aliphatic rings. The van der Waals surface area contributed by atoms with Crippen LogP contribution in [0.1, 0.15) is 19.0 Å². The molecule has 0 saturated carbocycles. The zero-order valence-corrected chi connectivity index (χ0v) is 12.9. The van der Waals surface area contributed by atoms with Gasteiger partial charge in [-0.1, -0.05) is 12.1 Å². The number of hydrogen-bond acceptors (Lipinski definition) is 6. The summed E-state index contributed by atoms with van der Waals surface area (Å²) in [6.07, 6.45) is 0.939. The summed E-state index contributed by atoms with van der Waals surface area (Å²) in [6.45, 7) is 2.21. The number of thiazole rings is 1. The molecular weight excluding hydrogens is 288 g/mol. The van der Waals surface area contributed by atoms with E-state index in [0.29, 0.717) is 19.4 Å². The lowest BCUT2D eigenvalue weighted by Crippen LogP contribution is -2.05. The SMILES string of the molecule is CCOC(=O)CCc1csc(Nc2ccccc2OC)n1. The predicted molar refractivity (Wildman–Crippen MR) is 83.3 cm³/mol. The second-order valence-corrected chi connectivity index (χ2v) is 5.13. The van der Waals surface area contributed by atoms with Crippen LogP contribution in [0, 0.1) is 0 Å². The van der Waals surface area contributed by atoms with E-state index in [2.05, 4.69) is 10.3 Å². The first-order valence-corrected chi connectivity index (χ1v) is 7.61. The Morgan fingerprint density at radius 3 is 2.95 bits per heavy atom. The molecule has 6 heteroatoms. The summed E-state index contributed by atoms with van der Waals surface area (Å²) in [5.74, 6) is 0.575. The molecular formula is C15H18N2O3S. The van der Waals surface area contributed by atoms with Crippen LogP contribution < -0.4 is 10.1 Å². The molecule has 0 aliphatic carbocycles. The van der Waals surface area contributed by atoms with Gasteiger partial charge in [0, 0.05) is 11.8 Å². The van der Waals surface area contributed by atoms with E-state index in [-0.39, 0.29) is 5.97 Å². The average Bonchev–Trinajstić information content (AvgIpc) is 2.94. The molecule has 0 fully saturated rings. The normalized spacial score (nSPS) is 10.2. The quantitative estimate of drug-likeness (QED) is 0.795. The number of aromatic nitrogens is 1. The number of aryl methyl sites for hydroxylation is 1. The van der Waals surface area contributed by atoms with E-state index in [1.165, 1.54) is 11.3 Å². The Bertz CT molecular complexity index is 598. The molecule has 21 heavy (non-hydrogen) atoms. The summed E-state index contributed by atoms with van der Waals surface area (Å²) in [5, 5.41) is 5.94. The number of carbonyl (C=O) groups excluding carboxylic acids is 1. The van der Waals surface area contributed by atoms with Crippen LogP contribution in [0.4, 0.5) is 10.8 Å². The Kier molecular flexibility index (Phi) is 5.57. The fourth-order valence-electron chi connectivity index (χ4n) is 1.81. The first-order valence-electron chi connectivity index (χ1n) is 6.73. The second-order valence-electron chi connectivity index (χ2n) is 4.27. The van der Waals surface area contributed by atoms with Gasteiger partial charge in [-0.15, -0.1) is 11.3 Å². The summed E-state index contributed by atoms with van der Waals surface area (Å²) >= 11 is 1.50. The Hall–Kier alpha value is -2.08. The van der Waals surface area contributed by atoms with Crippen LogP contribution in [0.25, 0.3) is 0 Å². The largest absolute Gasteiger partial charge is 0.495 e. The number of nitrogens with one attached hydrogen (secondary N) is 1. The molecule has 1 aromatic carbocycles. The minimum absolute atomic E-state index is 0.190. The number of rotatable bonds is 7. The van der Waals surface area contributed by atoms with Crippen LogP contribution in [0.15, 0.2) is 29.6 Å². The van der Waals surface area contributed by atoms with Crippen LogP contribution in [0.2, 0.25) is 0 Å². The van der Waals surface area contributed by atoms with E-state index in [0.717, 1.165) is 22.3 Å². The van der Waals surface area contributed by atoms with Crippen molar-refractivity contribution in [3.8, 4) is 5.75 Å². The number of methoxy groups -OCH3 is 1. The molecule has 0 amide bonds. The van der Waals surface area contributed by atoms with Crippen LogP contribution >= 0.6 is 11.3 Å². The maximum Gasteiger partial charge on any atom is 0.306 e. The molecule has 0 atom stereocenters. The second kappa shape index (κ2) is 7.64. The number of anilines is 2. The van der Waals surface area contributed by atoms with Gasteiger partial charge in [0.1, 0.15) is 5.75 Å². The Labute approximate surface area is 127 Å². The standard InChI is InChI=1S/C15H18N2O3S/c1-3-20-14(18)9-8-11-10-21-15(16-11)17-12-6-4-5-7-13(12)19-2/h4-7,10H,3,8-9H2,1-2H3,(H,16,17). The topological polar surface area (TPSA) is 60.5 Å². The van der Waals surface area contributed by atoms with Crippen molar-refractivity contribution in [3.05, 3.63) is 35.3 Å². The summed E-state index contributed by atoms with van der Waals surface area (Å²) < 4.78 is 10.2. The molecule has 0 radical (unpaired) electrons. The van der Waals surface area contributed by atoms with Crippen LogP contribution in [0.5, 0.6) is 5.75 Å². The molecule has 1 aromatic heterocycles. The first-order chi connectivity index (χ1) is 10.2. The minimum Gasteiger partial charge on any atom is -0.495 e. The van der Waals surface area contributed by atoms with Crippen molar-refractivity contribution in [2.75, 3.05) is 19.0 Å². The van der Waals surface area contributed by atoms with Crippen LogP contribution in [0.3, 0.4) is 0 Å². The highest BCUT2D eigenvalue weighted by Gasteiger charge is 2.08. The summed E-state index contributed by atoms with van der Waals surface area (Å²) in [6, 6.07) is 7.66. The van der Waals surface area contributed by atoms with Crippen molar-refractivity contribution >= 4 is 28.1 Å². The Morgan fingerprint density at radius 1 is 1.38 bits per heavy atom. The summed E-state index contributed by atoms with van der Waals surface area (Å²) in [4.78, 5) is 15.8. The monoisotopic (exact) mass is 306 g/mol. The lowest BCUT2D eigenvalue weighted by Gasteiger charge is -2.08. The molecule has 5 nitrogen and oxygen atoms in total. The molecule has 112 valence electrons. The third-order valence-corrected chi connectivity index (χ3v) is 3.60.